The first-order valence-electron chi connectivity index (χ1n) is 6.98. The topological polar surface area (TPSA) is 65.1 Å². The number of aliphatic hydroxyl groups excluding tert-OH is 1. The lowest BCUT2D eigenvalue weighted by molar-refractivity contribution is 0.210. The normalized spacial score (nSPS) is 13.1. The summed E-state index contributed by atoms with van der Waals surface area (Å²) in [6, 6.07) is 7.88. The molecule has 3 N–H and O–H groups in total. The van der Waals surface area contributed by atoms with E-state index in [-0.39, 0.29) is 18.2 Å². The van der Waals surface area contributed by atoms with Crippen LogP contribution in [0, 0.1) is 12.8 Å². The lowest BCUT2D eigenvalue weighted by Crippen LogP contribution is -2.37. The number of aryl methyl sites for hydroxylation is 1. The van der Waals surface area contributed by atoms with Gasteiger partial charge in [0.15, 0.2) is 0 Å². The fourth-order valence-electron chi connectivity index (χ4n) is 2.31. The zero-order chi connectivity index (χ0) is 14.7. The second-order valence-electron chi connectivity index (χ2n) is 5.58. The van der Waals surface area contributed by atoms with Crippen LogP contribution < -0.4 is 10.9 Å². The van der Waals surface area contributed by atoms with Crippen molar-refractivity contribution < 1.29 is 5.11 Å². The van der Waals surface area contributed by atoms with E-state index in [2.05, 4.69) is 10.3 Å². The minimum Gasteiger partial charge on any atom is -0.395 e. The van der Waals surface area contributed by atoms with Crippen molar-refractivity contribution in [3.05, 3.63) is 45.7 Å². The summed E-state index contributed by atoms with van der Waals surface area (Å²) in [6.07, 6.45) is 0. The van der Waals surface area contributed by atoms with Crippen molar-refractivity contribution in [1.29, 1.82) is 0 Å². The number of nitrogens with one attached hydrogen (secondary N) is 2. The number of rotatable bonds is 5. The molecule has 1 aromatic heterocycles. The van der Waals surface area contributed by atoms with Crippen LogP contribution in [0.4, 0.5) is 0 Å². The molecular weight excluding hydrogens is 252 g/mol. The van der Waals surface area contributed by atoms with Crippen molar-refractivity contribution in [3.8, 4) is 0 Å². The molecule has 0 fully saturated rings. The zero-order valence-electron chi connectivity index (χ0n) is 12.2. The van der Waals surface area contributed by atoms with E-state index in [0.29, 0.717) is 18.0 Å². The second-order valence-corrected chi connectivity index (χ2v) is 5.58. The molecule has 0 saturated carbocycles. The first kappa shape index (κ1) is 14.8. The summed E-state index contributed by atoms with van der Waals surface area (Å²) in [6.45, 7) is 6.60. The Balaban J connectivity index is 2.27. The molecule has 0 aliphatic carbocycles. The SMILES string of the molecule is Cc1cccc2cc(CN[C@H](CO)C(C)C)c(=O)[nH]c12. The smallest absolute Gasteiger partial charge is 0.252 e. The van der Waals surface area contributed by atoms with E-state index in [9.17, 15) is 9.90 Å². The molecule has 1 aromatic carbocycles. The maximum Gasteiger partial charge on any atom is 0.252 e. The van der Waals surface area contributed by atoms with Crippen LogP contribution in [-0.4, -0.2) is 22.7 Å². The number of hydrogen-bond acceptors (Lipinski definition) is 3. The maximum atomic E-state index is 12.1. The largest absolute Gasteiger partial charge is 0.395 e. The first-order chi connectivity index (χ1) is 9.52. The Morgan fingerprint density at radius 2 is 2.10 bits per heavy atom. The Kier molecular flexibility index (Phi) is 4.57. The molecule has 0 unspecified atom stereocenters. The van der Waals surface area contributed by atoms with Gasteiger partial charge in [-0.2, -0.15) is 0 Å². The van der Waals surface area contributed by atoms with Gasteiger partial charge in [0.1, 0.15) is 0 Å². The lowest BCUT2D eigenvalue weighted by atomic mass is 10.0. The van der Waals surface area contributed by atoms with Crippen LogP contribution in [0.25, 0.3) is 10.9 Å². The molecule has 0 bridgehead atoms. The standard InChI is InChI=1S/C16H22N2O2/c1-10(2)14(9-19)17-8-13-7-12-6-4-5-11(3)15(12)18-16(13)20/h4-7,10,14,17,19H,8-9H2,1-3H3,(H,18,20)/t14-/m1/s1. The Labute approximate surface area is 118 Å². The zero-order valence-corrected chi connectivity index (χ0v) is 12.2. The molecule has 0 aliphatic heterocycles. The van der Waals surface area contributed by atoms with E-state index < -0.39 is 0 Å². The van der Waals surface area contributed by atoms with E-state index in [0.717, 1.165) is 16.5 Å². The summed E-state index contributed by atoms with van der Waals surface area (Å²) in [4.78, 5) is 15.0. The number of H-pyrrole nitrogens is 1. The Hall–Kier alpha value is -1.65. The predicted molar refractivity (Wildman–Crippen MR) is 81.9 cm³/mol. The van der Waals surface area contributed by atoms with Gasteiger partial charge < -0.3 is 15.4 Å². The minimum absolute atomic E-state index is 0.00241. The number of pyridine rings is 1. The van der Waals surface area contributed by atoms with E-state index in [1.54, 1.807) is 0 Å². The van der Waals surface area contributed by atoms with Crippen molar-refractivity contribution in [2.45, 2.75) is 33.4 Å². The van der Waals surface area contributed by atoms with Crippen molar-refractivity contribution in [1.82, 2.24) is 10.3 Å². The highest BCUT2D eigenvalue weighted by atomic mass is 16.3. The van der Waals surface area contributed by atoms with Gasteiger partial charge in [-0.3, -0.25) is 4.79 Å². The number of benzene rings is 1. The average Bonchev–Trinajstić information content (AvgIpc) is 2.40. The van der Waals surface area contributed by atoms with Crippen molar-refractivity contribution in [3.63, 3.8) is 0 Å². The molecule has 108 valence electrons. The molecule has 0 radical (unpaired) electrons. The molecule has 4 heteroatoms. The van der Waals surface area contributed by atoms with Gasteiger partial charge in [-0.15, -0.1) is 0 Å². The Morgan fingerprint density at radius 1 is 1.35 bits per heavy atom. The van der Waals surface area contributed by atoms with Crippen LogP contribution in [0.3, 0.4) is 0 Å². The van der Waals surface area contributed by atoms with Crippen LogP contribution in [-0.2, 0) is 6.54 Å². The van der Waals surface area contributed by atoms with Crippen LogP contribution in [0.15, 0.2) is 29.1 Å². The minimum atomic E-state index is -0.0697. The van der Waals surface area contributed by atoms with E-state index in [1.165, 1.54) is 0 Å². The fourth-order valence-corrected chi connectivity index (χ4v) is 2.31. The summed E-state index contributed by atoms with van der Waals surface area (Å²) in [5.74, 6) is 0.321. The third-order valence-corrected chi connectivity index (χ3v) is 3.72. The van der Waals surface area contributed by atoms with E-state index in [1.807, 2.05) is 45.0 Å². The summed E-state index contributed by atoms with van der Waals surface area (Å²) in [7, 11) is 0. The summed E-state index contributed by atoms with van der Waals surface area (Å²) < 4.78 is 0. The van der Waals surface area contributed by atoms with Gasteiger partial charge in [0, 0.05) is 18.2 Å². The van der Waals surface area contributed by atoms with Crippen molar-refractivity contribution in [2.24, 2.45) is 5.92 Å². The van der Waals surface area contributed by atoms with Crippen LogP contribution in [0.5, 0.6) is 0 Å². The van der Waals surface area contributed by atoms with Crippen LogP contribution >= 0.6 is 0 Å². The summed E-state index contributed by atoms with van der Waals surface area (Å²) >= 11 is 0. The van der Waals surface area contributed by atoms with Gasteiger partial charge in [0.25, 0.3) is 5.56 Å². The van der Waals surface area contributed by atoms with Crippen LogP contribution in [0.2, 0.25) is 0 Å². The monoisotopic (exact) mass is 274 g/mol. The molecule has 1 atom stereocenters. The van der Waals surface area contributed by atoms with Gasteiger partial charge in [-0.05, 0) is 29.9 Å². The lowest BCUT2D eigenvalue weighted by Gasteiger charge is -2.19. The molecule has 4 nitrogen and oxygen atoms in total. The second kappa shape index (κ2) is 6.20. The number of aliphatic hydroxyl groups is 1. The van der Waals surface area contributed by atoms with Gasteiger partial charge >= 0.3 is 0 Å². The van der Waals surface area contributed by atoms with Gasteiger partial charge in [-0.25, -0.2) is 0 Å². The van der Waals surface area contributed by atoms with Crippen molar-refractivity contribution in [2.75, 3.05) is 6.61 Å². The third kappa shape index (κ3) is 3.08. The Bertz CT molecular complexity index is 646. The molecule has 2 rings (SSSR count). The third-order valence-electron chi connectivity index (χ3n) is 3.72. The Morgan fingerprint density at radius 3 is 2.75 bits per heavy atom. The van der Waals surface area contributed by atoms with Crippen molar-refractivity contribution >= 4 is 10.9 Å². The van der Waals surface area contributed by atoms with E-state index in [4.69, 9.17) is 0 Å². The van der Waals surface area contributed by atoms with Crippen LogP contribution in [0.1, 0.15) is 25.0 Å². The molecule has 0 aliphatic rings. The average molecular weight is 274 g/mol. The fraction of sp³-hybridized carbons (Fsp3) is 0.438. The van der Waals surface area contributed by atoms with Gasteiger partial charge in [-0.1, -0.05) is 32.0 Å². The van der Waals surface area contributed by atoms with E-state index >= 15 is 0 Å². The molecule has 0 amide bonds. The summed E-state index contributed by atoms with van der Waals surface area (Å²) in [5, 5.41) is 13.6. The molecule has 1 heterocycles. The molecule has 0 saturated heterocycles. The summed E-state index contributed by atoms with van der Waals surface area (Å²) in [5.41, 5.74) is 2.58. The number of hydrogen-bond donors (Lipinski definition) is 3. The highest BCUT2D eigenvalue weighted by Gasteiger charge is 2.12. The number of aromatic nitrogens is 1. The highest BCUT2D eigenvalue weighted by Crippen LogP contribution is 2.15. The number of para-hydroxylation sites is 1. The number of fused-ring (bicyclic) bond motifs is 1. The highest BCUT2D eigenvalue weighted by molar-refractivity contribution is 5.81. The quantitative estimate of drug-likeness (QED) is 0.780. The molecule has 0 spiro atoms. The molecular formula is C16H22N2O2. The molecule has 20 heavy (non-hydrogen) atoms. The van der Waals surface area contributed by atoms with Gasteiger partial charge in [0.2, 0.25) is 0 Å². The van der Waals surface area contributed by atoms with Gasteiger partial charge in [0.05, 0.1) is 12.1 Å². The maximum absolute atomic E-state index is 12.1. The number of aromatic amines is 1. The molecule has 2 aromatic rings. The predicted octanol–water partition coefficient (Wildman–Crippen LogP) is 1.94. The first-order valence-corrected chi connectivity index (χ1v) is 6.98.